The molecular weight excluding hydrogens is 542 g/mol. The van der Waals surface area contributed by atoms with Gasteiger partial charge in [0.05, 0.1) is 12.2 Å². The Bertz CT molecular complexity index is 1450. The van der Waals surface area contributed by atoms with Gasteiger partial charge in [0, 0.05) is 47.9 Å². The van der Waals surface area contributed by atoms with Gasteiger partial charge in [-0.1, -0.05) is 104 Å². The van der Waals surface area contributed by atoms with Crippen molar-refractivity contribution in [2.45, 2.75) is 78.3 Å². The SMILES string of the molecule is C=C(C1=C(C)NC(NC)=C(C(=O)OCCC(c2ccccc2)c2ccccc2)C1c1cccc(C)c1)N(C(C)C)C(C)CC. The van der Waals surface area contributed by atoms with Crippen LogP contribution >= 0.6 is 0 Å². The number of aryl methyl sites for hydroxylation is 1. The van der Waals surface area contributed by atoms with Gasteiger partial charge >= 0.3 is 5.97 Å². The number of nitrogens with zero attached hydrogens (tertiary/aromatic N) is 1. The van der Waals surface area contributed by atoms with Crippen LogP contribution in [0.3, 0.4) is 0 Å². The predicted octanol–water partition coefficient (Wildman–Crippen LogP) is 8.17. The highest BCUT2D eigenvalue weighted by Gasteiger charge is 2.38. The van der Waals surface area contributed by atoms with Crippen molar-refractivity contribution in [3.8, 4) is 0 Å². The minimum atomic E-state index is -0.344. The number of rotatable bonds is 13. The molecule has 0 spiro atoms. The van der Waals surface area contributed by atoms with Gasteiger partial charge in [-0.2, -0.15) is 0 Å². The number of carbonyl (C=O) groups is 1. The van der Waals surface area contributed by atoms with Crippen molar-refractivity contribution < 1.29 is 9.53 Å². The smallest absolute Gasteiger partial charge is 0.338 e. The number of esters is 1. The first kappa shape index (κ1) is 32.7. The van der Waals surface area contributed by atoms with E-state index < -0.39 is 0 Å². The lowest BCUT2D eigenvalue weighted by Crippen LogP contribution is -2.42. The second-order valence-corrected chi connectivity index (χ2v) is 12.1. The highest BCUT2D eigenvalue weighted by Crippen LogP contribution is 2.43. The molecule has 0 aliphatic carbocycles. The van der Waals surface area contributed by atoms with E-state index >= 15 is 0 Å². The van der Waals surface area contributed by atoms with E-state index in [0.29, 0.717) is 23.9 Å². The molecule has 5 heteroatoms. The number of allylic oxidation sites excluding steroid dienone is 2. The fourth-order valence-electron chi connectivity index (χ4n) is 6.48. The van der Waals surface area contributed by atoms with E-state index in [9.17, 15) is 4.79 Å². The maximum atomic E-state index is 14.2. The normalized spacial score (nSPS) is 15.7. The van der Waals surface area contributed by atoms with E-state index in [2.05, 4.69) is 136 Å². The second-order valence-electron chi connectivity index (χ2n) is 12.1. The van der Waals surface area contributed by atoms with E-state index in [1.807, 2.05) is 19.2 Å². The molecule has 2 atom stereocenters. The zero-order chi connectivity index (χ0) is 31.8. The molecule has 0 saturated heterocycles. The Balaban J connectivity index is 1.70. The lowest BCUT2D eigenvalue weighted by Gasteiger charge is -2.41. The largest absolute Gasteiger partial charge is 0.462 e. The van der Waals surface area contributed by atoms with Crippen molar-refractivity contribution in [2.24, 2.45) is 0 Å². The van der Waals surface area contributed by atoms with Gasteiger partial charge in [0.15, 0.2) is 0 Å². The standard InChI is InChI=1S/C39H49N3O2/c1-9-28(5)42(26(2)3)30(7)35-29(6)41-38(40-8)37(36(35)33-22-16-17-27(4)25-33)39(43)44-24-23-34(31-18-12-10-13-19-31)32-20-14-11-15-21-32/h10-22,25-26,28,34,36,40-41H,7,9,23-24H2,1-6,8H3. The number of ether oxygens (including phenoxy) is 1. The fourth-order valence-corrected chi connectivity index (χ4v) is 6.48. The van der Waals surface area contributed by atoms with Crippen LogP contribution in [0.4, 0.5) is 0 Å². The summed E-state index contributed by atoms with van der Waals surface area (Å²) in [5.41, 5.74) is 8.09. The molecular formula is C39H49N3O2. The Labute approximate surface area is 264 Å². The topological polar surface area (TPSA) is 53.6 Å². The van der Waals surface area contributed by atoms with Crippen molar-refractivity contribution in [2.75, 3.05) is 13.7 Å². The number of hydrogen-bond acceptors (Lipinski definition) is 5. The summed E-state index contributed by atoms with van der Waals surface area (Å²) in [6, 6.07) is 29.8. The van der Waals surface area contributed by atoms with E-state index in [1.165, 1.54) is 11.1 Å². The molecule has 0 fully saturated rings. The van der Waals surface area contributed by atoms with Crippen LogP contribution in [-0.4, -0.2) is 36.6 Å². The molecule has 0 amide bonds. The molecule has 0 saturated carbocycles. The molecule has 0 radical (unpaired) electrons. The molecule has 4 rings (SSSR count). The number of benzene rings is 3. The average molecular weight is 592 g/mol. The predicted molar refractivity (Wildman–Crippen MR) is 182 cm³/mol. The Morgan fingerprint density at radius 3 is 2.07 bits per heavy atom. The fraction of sp³-hybridized carbons (Fsp3) is 0.359. The van der Waals surface area contributed by atoms with Crippen molar-refractivity contribution in [3.63, 3.8) is 0 Å². The summed E-state index contributed by atoms with van der Waals surface area (Å²) in [5.74, 6) is 0.110. The molecule has 5 nitrogen and oxygen atoms in total. The van der Waals surface area contributed by atoms with E-state index in [-0.39, 0.29) is 30.5 Å². The summed E-state index contributed by atoms with van der Waals surface area (Å²) in [6.45, 7) is 17.9. The summed E-state index contributed by atoms with van der Waals surface area (Å²) >= 11 is 0. The van der Waals surface area contributed by atoms with Gasteiger partial charge in [0.2, 0.25) is 0 Å². The maximum Gasteiger partial charge on any atom is 0.338 e. The Morgan fingerprint density at radius 1 is 0.932 bits per heavy atom. The minimum Gasteiger partial charge on any atom is -0.462 e. The maximum absolute atomic E-state index is 14.2. The Hall–Kier alpha value is -4.25. The average Bonchev–Trinajstić information content (AvgIpc) is 3.02. The molecule has 3 aromatic carbocycles. The summed E-state index contributed by atoms with van der Waals surface area (Å²) in [7, 11) is 1.84. The van der Waals surface area contributed by atoms with Crippen LogP contribution in [0.5, 0.6) is 0 Å². The van der Waals surface area contributed by atoms with Gasteiger partial charge in [0.1, 0.15) is 5.82 Å². The molecule has 2 unspecified atom stereocenters. The van der Waals surface area contributed by atoms with Crippen LogP contribution in [-0.2, 0) is 9.53 Å². The Kier molecular flexibility index (Phi) is 11.1. The van der Waals surface area contributed by atoms with Crippen molar-refractivity contribution >= 4 is 5.97 Å². The molecule has 0 aromatic heterocycles. The van der Waals surface area contributed by atoms with E-state index in [0.717, 1.165) is 34.5 Å². The highest BCUT2D eigenvalue weighted by molar-refractivity contribution is 5.93. The number of carbonyl (C=O) groups excluding carboxylic acids is 1. The van der Waals surface area contributed by atoms with Crippen molar-refractivity contribution in [3.05, 3.63) is 142 Å². The molecule has 1 aliphatic heterocycles. The number of dihydropyridines is 1. The Morgan fingerprint density at radius 2 is 1.55 bits per heavy atom. The molecule has 232 valence electrons. The summed E-state index contributed by atoms with van der Waals surface area (Å²) in [4.78, 5) is 16.6. The highest BCUT2D eigenvalue weighted by atomic mass is 16.5. The summed E-state index contributed by atoms with van der Waals surface area (Å²) < 4.78 is 6.17. The van der Waals surface area contributed by atoms with Gasteiger partial charge in [0.25, 0.3) is 0 Å². The molecule has 1 heterocycles. The lowest BCUT2D eigenvalue weighted by atomic mass is 9.79. The van der Waals surface area contributed by atoms with Crippen LogP contribution in [0.2, 0.25) is 0 Å². The van der Waals surface area contributed by atoms with Gasteiger partial charge in [-0.3, -0.25) is 0 Å². The van der Waals surface area contributed by atoms with Gasteiger partial charge in [-0.05, 0) is 64.2 Å². The van der Waals surface area contributed by atoms with Gasteiger partial charge in [-0.25, -0.2) is 4.79 Å². The third-order valence-corrected chi connectivity index (χ3v) is 8.70. The zero-order valence-corrected chi connectivity index (χ0v) is 27.5. The molecule has 3 aromatic rings. The first-order valence-electron chi connectivity index (χ1n) is 15.9. The van der Waals surface area contributed by atoms with Gasteiger partial charge < -0.3 is 20.3 Å². The summed E-state index contributed by atoms with van der Waals surface area (Å²) in [6.07, 6.45) is 1.66. The lowest BCUT2D eigenvalue weighted by molar-refractivity contribution is -0.139. The monoisotopic (exact) mass is 591 g/mol. The first-order chi connectivity index (χ1) is 21.2. The van der Waals surface area contributed by atoms with E-state index in [1.54, 1.807) is 0 Å². The van der Waals surface area contributed by atoms with Crippen molar-refractivity contribution in [1.29, 1.82) is 0 Å². The van der Waals surface area contributed by atoms with Crippen LogP contribution in [0.15, 0.2) is 120 Å². The van der Waals surface area contributed by atoms with Crippen LogP contribution in [0, 0.1) is 6.92 Å². The number of hydrogen-bond donors (Lipinski definition) is 2. The third-order valence-electron chi connectivity index (χ3n) is 8.70. The van der Waals surface area contributed by atoms with Gasteiger partial charge in [-0.15, -0.1) is 0 Å². The van der Waals surface area contributed by atoms with E-state index in [4.69, 9.17) is 4.74 Å². The quantitative estimate of drug-likeness (QED) is 0.196. The summed E-state index contributed by atoms with van der Waals surface area (Å²) in [5, 5.41) is 6.77. The first-order valence-corrected chi connectivity index (χ1v) is 15.9. The molecule has 2 N–H and O–H groups in total. The zero-order valence-electron chi connectivity index (χ0n) is 27.5. The van der Waals surface area contributed by atoms with Crippen LogP contribution in [0.1, 0.15) is 81.5 Å². The number of nitrogens with one attached hydrogen (secondary N) is 2. The molecule has 1 aliphatic rings. The minimum absolute atomic E-state index is 0.118. The molecule has 44 heavy (non-hydrogen) atoms. The van der Waals surface area contributed by atoms with Crippen LogP contribution < -0.4 is 10.6 Å². The van der Waals surface area contributed by atoms with Crippen molar-refractivity contribution in [1.82, 2.24) is 15.5 Å². The third kappa shape index (κ3) is 7.27. The molecule has 0 bridgehead atoms. The second kappa shape index (κ2) is 15.0. The van der Waals surface area contributed by atoms with Crippen LogP contribution in [0.25, 0.3) is 0 Å².